The van der Waals surface area contributed by atoms with Crippen molar-refractivity contribution >= 4 is 5.91 Å². The lowest BCUT2D eigenvalue weighted by molar-refractivity contribution is -0.131. The zero-order valence-corrected chi connectivity index (χ0v) is 13.4. The van der Waals surface area contributed by atoms with E-state index in [1.54, 1.807) is 35.2 Å². The number of rotatable bonds is 4. The normalized spacial score (nSPS) is 20.2. The first kappa shape index (κ1) is 16.4. The number of carbonyl (C=O) groups excluding carboxylic acids is 1. The van der Waals surface area contributed by atoms with E-state index in [1.165, 1.54) is 19.2 Å². The Hall–Kier alpha value is -2.47. The molecule has 1 aromatic heterocycles. The molecule has 0 unspecified atom stereocenters. The van der Waals surface area contributed by atoms with Crippen LogP contribution < -0.4 is 4.74 Å². The van der Waals surface area contributed by atoms with E-state index in [0.717, 1.165) is 0 Å². The van der Waals surface area contributed by atoms with Crippen LogP contribution in [0.1, 0.15) is 23.7 Å². The number of amides is 1. The minimum Gasteiger partial charge on any atom is -0.481 e. The number of carbonyl (C=O) groups is 1. The van der Waals surface area contributed by atoms with Crippen molar-refractivity contribution in [2.75, 3.05) is 13.7 Å². The standard InChI is InChI=1S/C18H19FN2O3/c1-24-17-7-3-6-14(20-17)9-18(23)21-11-15(22)10-16(21)12-4-2-5-13(19)8-12/h2-8,15-16,22H,9-11H2,1H3/t15-,16-/m0/s1. The first-order chi connectivity index (χ1) is 11.6. The Bertz CT molecular complexity index is 738. The molecular weight excluding hydrogens is 311 g/mol. The SMILES string of the molecule is COc1cccc(CC(=O)N2C[C@@H](O)C[C@H]2c2cccc(F)c2)n1. The highest BCUT2D eigenvalue weighted by molar-refractivity contribution is 5.79. The van der Waals surface area contributed by atoms with Crippen LogP contribution in [0.15, 0.2) is 42.5 Å². The topological polar surface area (TPSA) is 62.7 Å². The molecule has 1 aromatic carbocycles. The predicted octanol–water partition coefficient (Wildman–Crippen LogP) is 2.11. The predicted molar refractivity (Wildman–Crippen MR) is 86.0 cm³/mol. The summed E-state index contributed by atoms with van der Waals surface area (Å²) in [5, 5.41) is 9.97. The molecule has 24 heavy (non-hydrogen) atoms. The van der Waals surface area contributed by atoms with Gasteiger partial charge in [0.15, 0.2) is 0 Å². The van der Waals surface area contributed by atoms with Gasteiger partial charge in [-0.25, -0.2) is 9.37 Å². The number of ether oxygens (including phenoxy) is 1. The molecule has 2 aromatic rings. The van der Waals surface area contributed by atoms with Crippen molar-refractivity contribution in [2.45, 2.75) is 25.0 Å². The van der Waals surface area contributed by atoms with Gasteiger partial charge in [0.2, 0.25) is 11.8 Å². The van der Waals surface area contributed by atoms with Gasteiger partial charge < -0.3 is 14.7 Å². The summed E-state index contributed by atoms with van der Waals surface area (Å²) >= 11 is 0. The lowest BCUT2D eigenvalue weighted by atomic mass is 10.0. The fourth-order valence-corrected chi connectivity index (χ4v) is 3.05. The van der Waals surface area contributed by atoms with Crippen LogP contribution in [0.4, 0.5) is 4.39 Å². The summed E-state index contributed by atoms with van der Waals surface area (Å²) in [6.07, 6.45) is -0.100. The van der Waals surface area contributed by atoms with Gasteiger partial charge in [-0.2, -0.15) is 0 Å². The second kappa shape index (κ2) is 6.97. The molecule has 0 aliphatic carbocycles. The van der Waals surface area contributed by atoms with Crippen LogP contribution in [-0.4, -0.2) is 40.7 Å². The minimum absolute atomic E-state index is 0.107. The number of hydrogen-bond donors (Lipinski definition) is 1. The number of nitrogens with zero attached hydrogens (tertiary/aromatic N) is 2. The molecular formula is C18H19FN2O3. The average molecular weight is 330 g/mol. The van der Waals surface area contributed by atoms with E-state index in [2.05, 4.69) is 4.98 Å². The molecule has 2 atom stereocenters. The molecule has 2 heterocycles. The van der Waals surface area contributed by atoms with E-state index in [0.29, 0.717) is 23.6 Å². The highest BCUT2D eigenvalue weighted by atomic mass is 19.1. The average Bonchev–Trinajstić information content (AvgIpc) is 2.97. The largest absolute Gasteiger partial charge is 0.481 e. The highest BCUT2D eigenvalue weighted by Crippen LogP contribution is 2.33. The van der Waals surface area contributed by atoms with Crippen LogP contribution in [0.3, 0.4) is 0 Å². The maximum atomic E-state index is 13.5. The maximum absolute atomic E-state index is 13.5. The third kappa shape index (κ3) is 3.54. The van der Waals surface area contributed by atoms with Crippen molar-refractivity contribution in [3.63, 3.8) is 0 Å². The van der Waals surface area contributed by atoms with Gasteiger partial charge in [0.1, 0.15) is 5.82 Å². The molecule has 1 aliphatic rings. The number of aromatic nitrogens is 1. The number of pyridine rings is 1. The number of likely N-dealkylation sites (tertiary alicyclic amines) is 1. The van der Waals surface area contributed by atoms with Gasteiger partial charge in [0.25, 0.3) is 0 Å². The van der Waals surface area contributed by atoms with E-state index in [1.807, 2.05) is 0 Å². The Morgan fingerprint density at radius 1 is 1.38 bits per heavy atom. The van der Waals surface area contributed by atoms with Crippen molar-refractivity contribution in [2.24, 2.45) is 0 Å². The first-order valence-electron chi connectivity index (χ1n) is 7.79. The van der Waals surface area contributed by atoms with Crippen molar-refractivity contribution in [3.05, 3.63) is 59.5 Å². The Balaban J connectivity index is 1.79. The van der Waals surface area contributed by atoms with Crippen molar-refractivity contribution in [1.82, 2.24) is 9.88 Å². The molecule has 1 saturated heterocycles. The summed E-state index contributed by atoms with van der Waals surface area (Å²) in [5.74, 6) is -0.0549. The quantitative estimate of drug-likeness (QED) is 0.933. The van der Waals surface area contributed by atoms with Gasteiger partial charge in [0, 0.05) is 12.6 Å². The van der Waals surface area contributed by atoms with Gasteiger partial charge in [-0.1, -0.05) is 18.2 Å². The van der Waals surface area contributed by atoms with E-state index in [9.17, 15) is 14.3 Å². The molecule has 1 aliphatic heterocycles. The fraction of sp³-hybridized carbons (Fsp3) is 0.333. The molecule has 0 bridgehead atoms. The van der Waals surface area contributed by atoms with Crippen LogP contribution in [0.25, 0.3) is 0 Å². The summed E-state index contributed by atoms with van der Waals surface area (Å²) < 4.78 is 18.6. The summed E-state index contributed by atoms with van der Waals surface area (Å²) in [5.41, 5.74) is 1.29. The van der Waals surface area contributed by atoms with Gasteiger partial charge in [0.05, 0.1) is 31.4 Å². The van der Waals surface area contributed by atoms with Crippen molar-refractivity contribution < 1.29 is 19.0 Å². The van der Waals surface area contributed by atoms with Gasteiger partial charge in [-0.15, -0.1) is 0 Å². The lowest BCUT2D eigenvalue weighted by Gasteiger charge is -2.24. The lowest BCUT2D eigenvalue weighted by Crippen LogP contribution is -2.33. The molecule has 0 saturated carbocycles. The summed E-state index contributed by atoms with van der Waals surface area (Å²) in [7, 11) is 1.52. The van der Waals surface area contributed by atoms with Crippen LogP contribution in [0, 0.1) is 5.82 Å². The monoisotopic (exact) mass is 330 g/mol. The number of aliphatic hydroxyl groups excluding tert-OH is 1. The Labute approximate surface area is 139 Å². The molecule has 3 rings (SSSR count). The molecule has 5 nitrogen and oxygen atoms in total. The van der Waals surface area contributed by atoms with Crippen LogP contribution >= 0.6 is 0 Å². The number of halogens is 1. The summed E-state index contributed by atoms with van der Waals surface area (Å²) in [6, 6.07) is 11.1. The molecule has 1 N–H and O–H groups in total. The van der Waals surface area contributed by atoms with Gasteiger partial charge in [-0.05, 0) is 30.2 Å². The number of benzene rings is 1. The van der Waals surface area contributed by atoms with E-state index in [-0.39, 0.29) is 30.7 Å². The minimum atomic E-state index is -0.611. The van der Waals surface area contributed by atoms with Gasteiger partial charge in [-0.3, -0.25) is 4.79 Å². The molecule has 126 valence electrons. The van der Waals surface area contributed by atoms with E-state index < -0.39 is 6.10 Å². The van der Waals surface area contributed by atoms with Crippen molar-refractivity contribution in [3.8, 4) is 5.88 Å². The number of hydrogen-bond acceptors (Lipinski definition) is 4. The van der Waals surface area contributed by atoms with Crippen LogP contribution in [-0.2, 0) is 11.2 Å². The zero-order valence-electron chi connectivity index (χ0n) is 13.4. The van der Waals surface area contributed by atoms with Crippen LogP contribution in [0.5, 0.6) is 5.88 Å². The fourth-order valence-electron chi connectivity index (χ4n) is 3.05. The van der Waals surface area contributed by atoms with E-state index >= 15 is 0 Å². The maximum Gasteiger partial charge on any atom is 0.229 e. The molecule has 0 radical (unpaired) electrons. The van der Waals surface area contributed by atoms with Crippen LogP contribution in [0.2, 0.25) is 0 Å². The second-order valence-electron chi connectivity index (χ2n) is 5.85. The Kier molecular flexibility index (Phi) is 4.76. The smallest absolute Gasteiger partial charge is 0.229 e. The molecule has 1 fully saturated rings. The van der Waals surface area contributed by atoms with Gasteiger partial charge >= 0.3 is 0 Å². The van der Waals surface area contributed by atoms with Crippen molar-refractivity contribution in [1.29, 1.82) is 0 Å². The summed E-state index contributed by atoms with van der Waals surface area (Å²) in [4.78, 5) is 18.5. The first-order valence-corrected chi connectivity index (χ1v) is 7.79. The third-order valence-corrected chi connectivity index (χ3v) is 4.16. The second-order valence-corrected chi connectivity index (χ2v) is 5.85. The Morgan fingerprint density at radius 2 is 2.17 bits per heavy atom. The summed E-state index contributed by atoms with van der Waals surface area (Å²) in [6.45, 7) is 0.240. The van der Waals surface area contributed by atoms with E-state index in [4.69, 9.17) is 4.74 Å². The molecule has 6 heteroatoms. The highest BCUT2D eigenvalue weighted by Gasteiger charge is 2.35. The number of methoxy groups -OCH3 is 1. The zero-order chi connectivity index (χ0) is 17.1. The third-order valence-electron chi connectivity index (χ3n) is 4.16. The molecule has 0 spiro atoms. The Morgan fingerprint density at radius 3 is 2.92 bits per heavy atom. The number of aliphatic hydroxyl groups is 1. The molecule has 1 amide bonds. The number of β-amino-alcohol motifs (C(OH)–C–C–N with tert-alkyl or cyclic N) is 1.